The molecule has 0 spiro atoms. The van der Waals surface area contributed by atoms with Gasteiger partial charge >= 0.3 is 0 Å². The van der Waals surface area contributed by atoms with Crippen LogP contribution in [0.5, 0.6) is 5.75 Å². The van der Waals surface area contributed by atoms with E-state index in [1.807, 2.05) is 25.1 Å². The van der Waals surface area contributed by atoms with Gasteiger partial charge in [0.25, 0.3) is 11.8 Å². The molecule has 0 bridgehead atoms. The molecule has 0 radical (unpaired) electrons. The van der Waals surface area contributed by atoms with Gasteiger partial charge in [0, 0.05) is 24.5 Å². The minimum absolute atomic E-state index is 0.0189. The third-order valence-corrected chi connectivity index (χ3v) is 3.92. The maximum atomic E-state index is 12.2. The Morgan fingerprint density at radius 1 is 1.36 bits per heavy atom. The van der Waals surface area contributed by atoms with Gasteiger partial charge in [-0.1, -0.05) is 6.07 Å². The van der Waals surface area contributed by atoms with Crippen molar-refractivity contribution in [1.29, 1.82) is 0 Å². The standard InChI is InChI=1S/C17H18N4O4/c1-10-2-3-11-12(6-10)20-13(17(18)24)7-14(11)25-9-16(23)21-5-4-19-15(22)8-21/h2-3,6-7H,4-5,8-9H2,1H3,(H2,18,24)(H,19,22). The number of hydrogen-bond donors (Lipinski definition) is 2. The Morgan fingerprint density at radius 3 is 2.88 bits per heavy atom. The van der Waals surface area contributed by atoms with Crippen molar-refractivity contribution < 1.29 is 19.1 Å². The number of fused-ring (bicyclic) bond motifs is 1. The summed E-state index contributed by atoms with van der Waals surface area (Å²) in [4.78, 5) is 40.8. The number of amides is 3. The van der Waals surface area contributed by atoms with E-state index in [9.17, 15) is 14.4 Å². The number of nitrogens with one attached hydrogen (secondary N) is 1. The lowest BCUT2D eigenvalue weighted by atomic mass is 10.1. The second kappa shape index (κ2) is 6.76. The number of aryl methyl sites for hydroxylation is 1. The summed E-state index contributed by atoms with van der Waals surface area (Å²) in [5, 5.41) is 3.34. The molecule has 1 saturated heterocycles. The summed E-state index contributed by atoms with van der Waals surface area (Å²) in [6, 6.07) is 6.94. The summed E-state index contributed by atoms with van der Waals surface area (Å²) >= 11 is 0. The summed E-state index contributed by atoms with van der Waals surface area (Å²) in [5.41, 5.74) is 6.93. The molecule has 3 N–H and O–H groups in total. The molecule has 3 amide bonds. The van der Waals surface area contributed by atoms with Crippen LogP contribution in [0.2, 0.25) is 0 Å². The average molecular weight is 342 g/mol. The number of carbonyl (C=O) groups is 3. The number of pyridine rings is 1. The van der Waals surface area contributed by atoms with Gasteiger partial charge in [0.15, 0.2) is 6.61 Å². The SMILES string of the molecule is Cc1ccc2c(OCC(=O)N3CCNC(=O)C3)cc(C(N)=O)nc2c1. The largest absolute Gasteiger partial charge is 0.483 e. The third-order valence-electron chi connectivity index (χ3n) is 3.92. The molecule has 2 heterocycles. The lowest BCUT2D eigenvalue weighted by Crippen LogP contribution is -2.51. The van der Waals surface area contributed by atoms with Crippen LogP contribution >= 0.6 is 0 Å². The van der Waals surface area contributed by atoms with Crippen LogP contribution in [0.4, 0.5) is 0 Å². The molecule has 0 aliphatic carbocycles. The van der Waals surface area contributed by atoms with E-state index in [0.29, 0.717) is 29.7 Å². The summed E-state index contributed by atoms with van der Waals surface area (Å²) in [7, 11) is 0. The lowest BCUT2D eigenvalue weighted by molar-refractivity contribution is -0.139. The van der Waals surface area contributed by atoms with Crippen molar-refractivity contribution in [3.05, 3.63) is 35.5 Å². The zero-order valence-electron chi connectivity index (χ0n) is 13.7. The maximum absolute atomic E-state index is 12.2. The van der Waals surface area contributed by atoms with Crippen molar-refractivity contribution in [2.45, 2.75) is 6.92 Å². The van der Waals surface area contributed by atoms with Crippen LogP contribution in [0.15, 0.2) is 24.3 Å². The van der Waals surface area contributed by atoms with Crippen LogP contribution in [0.3, 0.4) is 0 Å². The number of ether oxygens (including phenoxy) is 1. The number of nitrogens with zero attached hydrogens (tertiary/aromatic N) is 2. The summed E-state index contributed by atoms with van der Waals surface area (Å²) in [5.74, 6) is -0.811. The van der Waals surface area contributed by atoms with Crippen LogP contribution in [0, 0.1) is 6.92 Å². The van der Waals surface area contributed by atoms with Gasteiger partial charge in [-0.25, -0.2) is 4.98 Å². The Labute approximate surface area is 143 Å². The second-order valence-electron chi connectivity index (χ2n) is 5.84. The van der Waals surface area contributed by atoms with Crippen molar-refractivity contribution in [2.75, 3.05) is 26.2 Å². The van der Waals surface area contributed by atoms with Gasteiger partial charge in [0.1, 0.15) is 11.4 Å². The minimum atomic E-state index is -0.674. The van der Waals surface area contributed by atoms with E-state index in [4.69, 9.17) is 10.5 Å². The first kappa shape index (κ1) is 16.7. The Balaban J connectivity index is 1.83. The molecule has 1 aromatic heterocycles. The average Bonchev–Trinajstić information content (AvgIpc) is 2.58. The number of primary amides is 1. The van der Waals surface area contributed by atoms with Gasteiger partial charge in [0.05, 0.1) is 12.1 Å². The Bertz CT molecular complexity index is 865. The molecule has 8 heteroatoms. The van der Waals surface area contributed by atoms with Gasteiger partial charge < -0.3 is 20.7 Å². The normalized spacial score (nSPS) is 14.3. The van der Waals surface area contributed by atoms with Gasteiger partial charge in [0.2, 0.25) is 5.91 Å². The monoisotopic (exact) mass is 342 g/mol. The zero-order chi connectivity index (χ0) is 18.0. The lowest BCUT2D eigenvalue weighted by Gasteiger charge is -2.26. The number of nitrogens with two attached hydrogens (primary N) is 1. The van der Waals surface area contributed by atoms with E-state index >= 15 is 0 Å². The second-order valence-corrected chi connectivity index (χ2v) is 5.84. The smallest absolute Gasteiger partial charge is 0.267 e. The minimum Gasteiger partial charge on any atom is -0.483 e. The highest BCUT2D eigenvalue weighted by Gasteiger charge is 2.22. The van der Waals surface area contributed by atoms with E-state index in [1.165, 1.54) is 11.0 Å². The first-order valence-corrected chi connectivity index (χ1v) is 7.82. The van der Waals surface area contributed by atoms with Crippen molar-refractivity contribution >= 4 is 28.6 Å². The topological polar surface area (TPSA) is 115 Å². The molecular weight excluding hydrogens is 324 g/mol. The van der Waals surface area contributed by atoms with E-state index in [2.05, 4.69) is 10.3 Å². The van der Waals surface area contributed by atoms with Crippen LogP contribution < -0.4 is 15.8 Å². The molecule has 25 heavy (non-hydrogen) atoms. The Hall–Kier alpha value is -3.16. The van der Waals surface area contributed by atoms with Crippen LogP contribution in [-0.2, 0) is 9.59 Å². The molecule has 1 aliphatic rings. The van der Waals surface area contributed by atoms with Crippen molar-refractivity contribution in [2.24, 2.45) is 5.73 Å². The van der Waals surface area contributed by atoms with E-state index in [-0.39, 0.29) is 30.7 Å². The first-order chi connectivity index (χ1) is 11.9. The van der Waals surface area contributed by atoms with E-state index in [1.54, 1.807) is 0 Å². The van der Waals surface area contributed by atoms with Crippen molar-refractivity contribution in [3.8, 4) is 5.75 Å². The first-order valence-electron chi connectivity index (χ1n) is 7.82. The Morgan fingerprint density at radius 2 is 2.16 bits per heavy atom. The number of rotatable bonds is 4. The quantitative estimate of drug-likeness (QED) is 0.810. The predicted octanol–water partition coefficient (Wildman–Crippen LogP) is -0.0207. The summed E-state index contributed by atoms with van der Waals surface area (Å²) in [6.07, 6.45) is 0. The summed E-state index contributed by atoms with van der Waals surface area (Å²) in [6.45, 7) is 2.55. The van der Waals surface area contributed by atoms with E-state index < -0.39 is 5.91 Å². The number of piperazine rings is 1. The van der Waals surface area contributed by atoms with Gasteiger partial charge in [-0.15, -0.1) is 0 Å². The fourth-order valence-corrected chi connectivity index (χ4v) is 2.63. The number of carbonyl (C=O) groups excluding carboxylic acids is 3. The molecule has 8 nitrogen and oxygen atoms in total. The fourth-order valence-electron chi connectivity index (χ4n) is 2.63. The molecule has 2 aromatic rings. The van der Waals surface area contributed by atoms with Gasteiger partial charge in [-0.3, -0.25) is 14.4 Å². The van der Waals surface area contributed by atoms with Crippen LogP contribution in [-0.4, -0.2) is 53.8 Å². The highest BCUT2D eigenvalue weighted by atomic mass is 16.5. The van der Waals surface area contributed by atoms with Crippen LogP contribution in [0.1, 0.15) is 16.1 Å². The molecule has 3 rings (SSSR count). The number of hydrogen-bond acceptors (Lipinski definition) is 5. The molecule has 0 unspecified atom stereocenters. The van der Waals surface area contributed by atoms with Crippen molar-refractivity contribution in [3.63, 3.8) is 0 Å². The summed E-state index contributed by atoms with van der Waals surface area (Å²) < 4.78 is 5.63. The van der Waals surface area contributed by atoms with Crippen LogP contribution in [0.25, 0.3) is 10.9 Å². The maximum Gasteiger partial charge on any atom is 0.267 e. The van der Waals surface area contributed by atoms with Gasteiger partial charge in [-0.2, -0.15) is 0 Å². The molecule has 0 saturated carbocycles. The number of aromatic nitrogens is 1. The third kappa shape index (κ3) is 3.68. The zero-order valence-corrected chi connectivity index (χ0v) is 13.7. The predicted molar refractivity (Wildman–Crippen MR) is 90.1 cm³/mol. The van der Waals surface area contributed by atoms with E-state index in [0.717, 1.165) is 5.56 Å². The molecule has 1 aromatic carbocycles. The molecule has 0 atom stereocenters. The molecule has 1 fully saturated rings. The van der Waals surface area contributed by atoms with Crippen molar-refractivity contribution in [1.82, 2.24) is 15.2 Å². The molecule has 130 valence electrons. The molecule has 1 aliphatic heterocycles. The molecular formula is C17H18N4O4. The van der Waals surface area contributed by atoms with Gasteiger partial charge in [-0.05, 0) is 24.6 Å². The fraction of sp³-hybridized carbons (Fsp3) is 0.294. The number of benzene rings is 1. The highest BCUT2D eigenvalue weighted by molar-refractivity contribution is 5.96. The highest BCUT2D eigenvalue weighted by Crippen LogP contribution is 2.26. The Kier molecular flexibility index (Phi) is 4.51.